The van der Waals surface area contributed by atoms with Crippen LogP contribution in [0.3, 0.4) is 0 Å². The molecule has 120 valence electrons. The third-order valence-electron chi connectivity index (χ3n) is 3.12. The van der Waals surface area contributed by atoms with Crippen molar-refractivity contribution in [3.63, 3.8) is 0 Å². The molecule has 0 amide bonds. The molecule has 21 heavy (non-hydrogen) atoms. The van der Waals surface area contributed by atoms with Gasteiger partial charge in [-0.3, -0.25) is 4.90 Å². The fraction of sp³-hybridized carbons (Fsp3) is 0.600. The van der Waals surface area contributed by atoms with Gasteiger partial charge in [-0.25, -0.2) is 0 Å². The van der Waals surface area contributed by atoms with Gasteiger partial charge in [-0.15, -0.1) is 13.2 Å². The van der Waals surface area contributed by atoms with Crippen LogP contribution in [0, 0.1) is 6.92 Å². The van der Waals surface area contributed by atoms with Gasteiger partial charge in [0.2, 0.25) is 0 Å². The molecule has 0 aromatic heterocycles. The zero-order valence-electron chi connectivity index (χ0n) is 12.7. The Balaban J connectivity index is 0.00000106. The van der Waals surface area contributed by atoms with Crippen LogP contribution < -0.4 is 4.74 Å². The smallest absolute Gasteiger partial charge is 0.406 e. The third-order valence-corrected chi connectivity index (χ3v) is 3.12. The number of alkyl halides is 3. The first-order valence-electron chi connectivity index (χ1n) is 7.10. The summed E-state index contributed by atoms with van der Waals surface area (Å²) in [6, 6.07) is 4.75. The van der Waals surface area contributed by atoms with E-state index in [2.05, 4.69) is 9.64 Å². The highest BCUT2D eigenvalue weighted by molar-refractivity contribution is 5.39. The molecule has 0 saturated carbocycles. The maximum Gasteiger partial charge on any atom is 0.573 e. The highest BCUT2D eigenvalue weighted by atomic mass is 19.4. The standard InChI is InChI=1S/C13H16F3NO2.C2H6/c1-10-11(9-17-5-7-18-8-6-17)3-2-4-12(10)19-13(14,15)16;1-2/h2-4H,5-9H2,1H3;1-2H3. The molecule has 1 aliphatic heterocycles. The summed E-state index contributed by atoms with van der Waals surface area (Å²) in [5.74, 6) is -0.127. The average molecular weight is 305 g/mol. The zero-order valence-corrected chi connectivity index (χ0v) is 12.7. The molecule has 2 rings (SSSR count). The third kappa shape index (κ3) is 5.93. The average Bonchev–Trinajstić information content (AvgIpc) is 2.45. The normalized spacial score (nSPS) is 16.1. The van der Waals surface area contributed by atoms with Gasteiger partial charge in [0, 0.05) is 19.6 Å². The van der Waals surface area contributed by atoms with Gasteiger partial charge in [0.15, 0.2) is 0 Å². The van der Waals surface area contributed by atoms with E-state index < -0.39 is 6.36 Å². The summed E-state index contributed by atoms with van der Waals surface area (Å²) >= 11 is 0. The number of halogens is 3. The summed E-state index contributed by atoms with van der Waals surface area (Å²) in [7, 11) is 0. The van der Waals surface area contributed by atoms with Crippen molar-refractivity contribution in [3.05, 3.63) is 29.3 Å². The van der Waals surface area contributed by atoms with Gasteiger partial charge >= 0.3 is 6.36 Å². The Morgan fingerprint density at radius 2 is 1.81 bits per heavy atom. The molecule has 0 N–H and O–H groups in total. The molecule has 1 aromatic rings. The Bertz CT molecular complexity index is 429. The zero-order chi connectivity index (χ0) is 15.9. The molecule has 1 saturated heterocycles. The summed E-state index contributed by atoms with van der Waals surface area (Å²) in [5.41, 5.74) is 1.38. The van der Waals surface area contributed by atoms with Crippen LogP contribution in [0.4, 0.5) is 13.2 Å². The van der Waals surface area contributed by atoms with Crippen LogP contribution in [-0.2, 0) is 11.3 Å². The molecule has 0 unspecified atom stereocenters. The van der Waals surface area contributed by atoms with Gasteiger partial charge in [0.05, 0.1) is 13.2 Å². The Labute approximate surface area is 123 Å². The quantitative estimate of drug-likeness (QED) is 0.849. The molecular weight excluding hydrogens is 283 g/mol. The molecule has 3 nitrogen and oxygen atoms in total. The van der Waals surface area contributed by atoms with E-state index in [4.69, 9.17) is 4.74 Å². The van der Waals surface area contributed by atoms with Gasteiger partial charge < -0.3 is 9.47 Å². The van der Waals surface area contributed by atoms with E-state index in [-0.39, 0.29) is 5.75 Å². The van der Waals surface area contributed by atoms with Gasteiger partial charge in [-0.05, 0) is 24.1 Å². The second-order valence-corrected chi connectivity index (χ2v) is 4.48. The number of hydrogen-bond donors (Lipinski definition) is 0. The van der Waals surface area contributed by atoms with Crippen molar-refractivity contribution in [1.82, 2.24) is 4.90 Å². The lowest BCUT2D eigenvalue weighted by molar-refractivity contribution is -0.274. The van der Waals surface area contributed by atoms with Crippen LogP contribution in [0.1, 0.15) is 25.0 Å². The summed E-state index contributed by atoms with van der Waals surface area (Å²) in [6.45, 7) is 9.18. The predicted molar refractivity (Wildman–Crippen MR) is 75.3 cm³/mol. The number of rotatable bonds is 3. The molecule has 6 heteroatoms. The predicted octanol–water partition coefficient (Wildman–Crippen LogP) is 3.75. The molecule has 1 heterocycles. The van der Waals surface area contributed by atoms with Crippen LogP contribution in [0.2, 0.25) is 0 Å². The highest BCUT2D eigenvalue weighted by Crippen LogP contribution is 2.28. The number of morpholine rings is 1. The molecule has 1 aliphatic rings. The number of hydrogen-bond acceptors (Lipinski definition) is 3. The molecule has 0 bridgehead atoms. The van der Waals surface area contributed by atoms with E-state index in [1.165, 1.54) is 6.07 Å². The lowest BCUT2D eigenvalue weighted by Crippen LogP contribution is -2.35. The van der Waals surface area contributed by atoms with E-state index in [0.29, 0.717) is 25.3 Å². The minimum absolute atomic E-state index is 0.127. The van der Waals surface area contributed by atoms with Crippen molar-refractivity contribution in [3.8, 4) is 5.75 Å². The molecule has 1 fully saturated rings. The minimum atomic E-state index is -4.65. The number of benzene rings is 1. The van der Waals surface area contributed by atoms with Gasteiger partial charge in [0.1, 0.15) is 5.75 Å². The summed E-state index contributed by atoms with van der Waals surface area (Å²) in [6.07, 6.45) is -4.65. The van der Waals surface area contributed by atoms with Crippen LogP contribution >= 0.6 is 0 Å². The van der Waals surface area contributed by atoms with Crippen LogP contribution in [0.5, 0.6) is 5.75 Å². The van der Waals surface area contributed by atoms with Gasteiger partial charge in [0.25, 0.3) is 0 Å². The summed E-state index contributed by atoms with van der Waals surface area (Å²) in [5, 5.41) is 0. The summed E-state index contributed by atoms with van der Waals surface area (Å²) in [4.78, 5) is 2.16. The summed E-state index contributed by atoms with van der Waals surface area (Å²) < 4.78 is 46.0. The lowest BCUT2D eigenvalue weighted by Gasteiger charge is -2.27. The molecular formula is C15H22F3NO2. The van der Waals surface area contributed by atoms with Crippen LogP contribution in [0.25, 0.3) is 0 Å². The van der Waals surface area contributed by atoms with E-state index >= 15 is 0 Å². The van der Waals surface area contributed by atoms with Crippen molar-refractivity contribution in [2.24, 2.45) is 0 Å². The van der Waals surface area contributed by atoms with Crippen LogP contribution in [0.15, 0.2) is 18.2 Å². The fourth-order valence-electron chi connectivity index (χ4n) is 2.07. The largest absolute Gasteiger partial charge is 0.573 e. The second kappa shape index (κ2) is 8.24. The molecule has 1 aromatic carbocycles. The van der Waals surface area contributed by atoms with E-state index in [9.17, 15) is 13.2 Å². The fourth-order valence-corrected chi connectivity index (χ4v) is 2.07. The minimum Gasteiger partial charge on any atom is -0.406 e. The highest BCUT2D eigenvalue weighted by Gasteiger charge is 2.32. The molecule has 0 spiro atoms. The maximum absolute atomic E-state index is 12.3. The molecule has 0 aliphatic carbocycles. The van der Waals surface area contributed by atoms with Crippen molar-refractivity contribution in [2.45, 2.75) is 33.7 Å². The topological polar surface area (TPSA) is 21.7 Å². The van der Waals surface area contributed by atoms with Crippen molar-refractivity contribution in [1.29, 1.82) is 0 Å². The molecule has 0 atom stereocenters. The van der Waals surface area contributed by atoms with Crippen molar-refractivity contribution >= 4 is 0 Å². The number of nitrogens with zero attached hydrogens (tertiary/aromatic N) is 1. The second-order valence-electron chi connectivity index (χ2n) is 4.48. The Kier molecular flexibility index (Phi) is 6.98. The SMILES string of the molecule is CC.Cc1c(CN2CCOCC2)cccc1OC(F)(F)F. The van der Waals surface area contributed by atoms with E-state index in [0.717, 1.165) is 18.7 Å². The van der Waals surface area contributed by atoms with Gasteiger partial charge in [-0.2, -0.15) is 0 Å². The van der Waals surface area contributed by atoms with Crippen LogP contribution in [-0.4, -0.2) is 37.6 Å². The van der Waals surface area contributed by atoms with Crippen molar-refractivity contribution in [2.75, 3.05) is 26.3 Å². The van der Waals surface area contributed by atoms with Crippen molar-refractivity contribution < 1.29 is 22.6 Å². The van der Waals surface area contributed by atoms with Gasteiger partial charge in [-0.1, -0.05) is 26.0 Å². The van der Waals surface area contributed by atoms with E-state index in [1.807, 2.05) is 19.9 Å². The lowest BCUT2D eigenvalue weighted by atomic mass is 10.1. The first kappa shape index (κ1) is 17.8. The Morgan fingerprint density at radius 3 is 2.38 bits per heavy atom. The first-order chi connectivity index (χ1) is 9.96. The van der Waals surface area contributed by atoms with E-state index in [1.54, 1.807) is 13.0 Å². The monoisotopic (exact) mass is 305 g/mol. The Hall–Kier alpha value is -1.27. The first-order valence-corrected chi connectivity index (χ1v) is 7.10. The maximum atomic E-state index is 12.3. The Morgan fingerprint density at radius 1 is 1.19 bits per heavy atom. The number of ether oxygens (including phenoxy) is 2. The molecule has 0 radical (unpaired) electrons.